The summed E-state index contributed by atoms with van der Waals surface area (Å²) in [6, 6.07) is 25.9. The SMILES string of the molecule is Cc1ccc(C)n1NC(=O)c1cccc(NC(=O)[C@@H]2CC(=O)N(c3ccc(Oc4ccc(C(C)(C)C)cc4)cc3)C2)c1. The highest BCUT2D eigenvalue weighted by Crippen LogP contribution is 2.30. The minimum atomic E-state index is -0.516. The average Bonchev–Trinajstić information content (AvgIpc) is 3.50. The Kier molecular flexibility index (Phi) is 7.89. The highest BCUT2D eigenvalue weighted by molar-refractivity contribution is 6.05. The fourth-order valence-corrected chi connectivity index (χ4v) is 4.98. The number of nitrogens with one attached hydrogen (secondary N) is 2. The average molecular weight is 565 g/mol. The van der Waals surface area contributed by atoms with Crippen molar-refractivity contribution in [2.24, 2.45) is 5.92 Å². The van der Waals surface area contributed by atoms with Crippen LogP contribution < -0.4 is 20.4 Å². The summed E-state index contributed by atoms with van der Waals surface area (Å²) in [6.45, 7) is 10.6. The van der Waals surface area contributed by atoms with Gasteiger partial charge in [0.15, 0.2) is 0 Å². The number of benzene rings is 3. The Morgan fingerprint density at radius 1 is 0.857 bits per heavy atom. The maximum Gasteiger partial charge on any atom is 0.270 e. The number of carbonyl (C=O) groups is 3. The summed E-state index contributed by atoms with van der Waals surface area (Å²) in [5, 5.41) is 2.88. The molecule has 42 heavy (non-hydrogen) atoms. The second-order valence-electron chi connectivity index (χ2n) is 11.7. The molecule has 0 saturated carbocycles. The van der Waals surface area contributed by atoms with Crippen LogP contribution in [0.5, 0.6) is 11.5 Å². The first-order valence-corrected chi connectivity index (χ1v) is 14.0. The van der Waals surface area contributed by atoms with Crippen molar-refractivity contribution in [2.45, 2.75) is 46.5 Å². The Morgan fingerprint density at radius 2 is 1.48 bits per heavy atom. The third-order valence-electron chi connectivity index (χ3n) is 7.48. The standard InChI is InChI=1S/C34H36N4O4/c1-22-9-10-23(2)38(22)36-33(41)24-7-6-8-27(19-24)35-32(40)25-20-31(39)37(21-25)28-13-17-30(18-14-28)42-29-15-11-26(12-16-29)34(3,4)5/h6-19,25H,20-21H2,1-5H3,(H,35,40)(H,36,41)/t25-/m1/s1. The first-order chi connectivity index (χ1) is 20.0. The number of carbonyl (C=O) groups excluding carboxylic acids is 3. The molecule has 3 aromatic carbocycles. The molecule has 4 aromatic rings. The molecule has 0 radical (unpaired) electrons. The molecule has 5 rings (SSSR count). The monoisotopic (exact) mass is 564 g/mol. The lowest BCUT2D eigenvalue weighted by atomic mass is 9.87. The minimum Gasteiger partial charge on any atom is -0.457 e. The Morgan fingerprint density at radius 3 is 2.10 bits per heavy atom. The van der Waals surface area contributed by atoms with E-state index in [-0.39, 0.29) is 36.1 Å². The quantitative estimate of drug-likeness (QED) is 0.266. The smallest absolute Gasteiger partial charge is 0.270 e. The van der Waals surface area contributed by atoms with Gasteiger partial charge in [0.1, 0.15) is 11.5 Å². The van der Waals surface area contributed by atoms with Crippen LogP contribution >= 0.6 is 0 Å². The molecule has 0 unspecified atom stereocenters. The molecule has 0 spiro atoms. The second kappa shape index (κ2) is 11.6. The molecule has 1 fully saturated rings. The van der Waals surface area contributed by atoms with Crippen molar-refractivity contribution in [3.8, 4) is 11.5 Å². The van der Waals surface area contributed by atoms with Crippen molar-refractivity contribution in [1.29, 1.82) is 0 Å². The van der Waals surface area contributed by atoms with E-state index in [0.29, 0.717) is 22.7 Å². The van der Waals surface area contributed by atoms with Gasteiger partial charge < -0.3 is 15.0 Å². The molecule has 1 atom stereocenters. The summed E-state index contributed by atoms with van der Waals surface area (Å²) in [4.78, 5) is 40.4. The topological polar surface area (TPSA) is 92.7 Å². The number of amides is 3. The lowest BCUT2D eigenvalue weighted by molar-refractivity contribution is -0.122. The van der Waals surface area contributed by atoms with E-state index in [9.17, 15) is 14.4 Å². The largest absolute Gasteiger partial charge is 0.457 e. The zero-order valence-corrected chi connectivity index (χ0v) is 24.6. The number of aryl methyl sites for hydroxylation is 2. The van der Waals surface area contributed by atoms with Gasteiger partial charge in [-0.15, -0.1) is 0 Å². The Bertz CT molecular complexity index is 1600. The first-order valence-electron chi connectivity index (χ1n) is 14.0. The van der Waals surface area contributed by atoms with E-state index in [4.69, 9.17) is 4.74 Å². The first kappa shape index (κ1) is 28.7. The van der Waals surface area contributed by atoms with E-state index in [1.807, 2.05) is 62.4 Å². The van der Waals surface area contributed by atoms with Gasteiger partial charge in [-0.3, -0.25) is 24.5 Å². The van der Waals surface area contributed by atoms with E-state index < -0.39 is 5.92 Å². The molecule has 8 nitrogen and oxygen atoms in total. The third-order valence-corrected chi connectivity index (χ3v) is 7.48. The zero-order valence-electron chi connectivity index (χ0n) is 24.6. The molecule has 1 aliphatic heterocycles. The summed E-state index contributed by atoms with van der Waals surface area (Å²) in [6.07, 6.45) is 0.108. The molecule has 1 saturated heterocycles. The lowest BCUT2D eigenvalue weighted by Gasteiger charge is -2.19. The van der Waals surface area contributed by atoms with Crippen LogP contribution in [-0.2, 0) is 15.0 Å². The van der Waals surface area contributed by atoms with Crippen molar-refractivity contribution < 1.29 is 19.1 Å². The van der Waals surface area contributed by atoms with Crippen LogP contribution in [0.15, 0.2) is 84.9 Å². The summed E-state index contributed by atoms with van der Waals surface area (Å²) in [7, 11) is 0. The number of nitrogens with zero attached hydrogens (tertiary/aromatic N) is 2. The van der Waals surface area contributed by atoms with Gasteiger partial charge in [0.2, 0.25) is 11.8 Å². The number of anilines is 2. The minimum absolute atomic E-state index is 0.0688. The number of hydrogen-bond acceptors (Lipinski definition) is 4. The van der Waals surface area contributed by atoms with Gasteiger partial charge in [-0.05, 0) is 91.6 Å². The Labute approximate surface area is 246 Å². The Hall–Kier alpha value is -4.85. The van der Waals surface area contributed by atoms with Crippen molar-refractivity contribution in [1.82, 2.24) is 4.68 Å². The van der Waals surface area contributed by atoms with Gasteiger partial charge in [0, 0.05) is 41.3 Å². The van der Waals surface area contributed by atoms with Crippen LogP contribution in [-0.4, -0.2) is 28.9 Å². The van der Waals surface area contributed by atoms with Gasteiger partial charge >= 0.3 is 0 Å². The highest BCUT2D eigenvalue weighted by atomic mass is 16.5. The van der Waals surface area contributed by atoms with Crippen LogP contribution in [0.1, 0.15) is 54.5 Å². The molecular formula is C34H36N4O4. The van der Waals surface area contributed by atoms with Gasteiger partial charge in [-0.2, -0.15) is 0 Å². The molecule has 1 aliphatic rings. The molecule has 2 N–H and O–H groups in total. The van der Waals surface area contributed by atoms with Gasteiger partial charge in [0.05, 0.1) is 5.92 Å². The third kappa shape index (κ3) is 6.38. The van der Waals surface area contributed by atoms with Crippen LogP contribution in [0, 0.1) is 19.8 Å². The van der Waals surface area contributed by atoms with Crippen LogP contribution in [0.4, 0.5) is 11.4 Å². The van der Waals surface area contributed by atoms with E-state index in [1.54, 1.807) is 33.8 Å². The fourth-order valence-electron chi connectivity index (χ4n) is 4.98. The van der Waals surface area contributed by atoms with E-state index in [2.05, 4.69) is 43.6 Å². The number of rotatable bonds is 7. The molecule has 216 valence electrons. The molecule has 0 bridgehead atoms. The molecule has 2 heterocycles. The second-order valence-corrected chi connectivity index (χ2v) is 11.7. The van der Waals surface area contributed by atoms with Crippen LogP contribution in [0.25, 0.3) is 0 Å². The predicted octanol–water partition coefficient (Wildman–Crippen LogP) is 6.57. The summed E-state index contributed by atoms with van der Waals surface area (Å²) in [5.41, 5.74) is 7.61. The van der Waals surface area contributed by atoms with Gasteiger partial charge in [0.25, 0.3) is 5.91 Å². The molecular weight excluding hydrogens is 528 g/mol. The lowest BCUT2D eigenvalue weighted by Crippen LogP contribution is -2.28. The van der Waals surface area contributed by atoms with Crippen LogP contribution in [0.3, 0.4) is 0 Å². The molecule has 3 amide bonds. The van der Waals surface area contributed by atoms with Gasteiger partial charge in [-0.1, -0.05) is 39.0 Å². The highest BCUT2D eigenvalue weighted by Gasteiger charge is 2.35. The normalized spacial score (nSPS) is 15.0. The predicted molar refractivity (Wildman–Crippen MR) is 165 cm³/mol. The van der Waals surface area contributed by atoms with Crippen LogP contribution in [0.2, 0.25) is 0 Å². The zero-order chi connectivity index (χ0) is 30.0. The van der Waals surface area contributed by atoms with Crippen molar-refractivity contribution >= 4 is 29.1 Å². The summed E-state index contributed by atoms with van der Waals surface area (Å²) in [5.74, 6) is 0.212. The van der Waals surface area contributed by atoms with Crippen molar-refractivity contribution in [2.75, 3.05) is 22.2 Å². The summed E-state index contributed by atoms with van der Waals surface area (Å²) >= 11 is 0. The van der Waals surface area contributed by atoms with E-state index in [0.717, 1.165) is 17.1 Å². The molecule has 0 aliphatic carbocycles. The number of hydrogen-bond donors (Lipinski definition) is 2. The molecule has 1 aromatic heterocycles. The fraction of sp³-hybridized carbons (Fsp3) is 0.265. The Balaban J connectivity index is 1.19. The number of aromatic nitrogens is 1. The number of ether oxygens (including phenoxy) is 1. The van der Waals surface area contributed by atoms with Gasteiger partial charge in [-0.25, -0.2) is 0 Å². The van der Waals surface area contributed by atoms with E-state index >= 15 is 0 Å². The maximum absolute atomic E-state index is 13.1. The van der Waals surface area contributed by atoms with E-state index in [1.165, 1.54) is 5.56 Å². The van der Waals surface area contributed by atoms with Crippen molar-refractivity contribution in [3.63, 3.8) is 0 Å². The molecule has 8 heteroatoms. The summed E-state index contributed by atoms with van der Waals surface area (Å²) < 4.78 is 7.70. The van der Waals surface area contributed by atoms with Crippen molar-refractivity contribution in [3.05, 3.63) is 107 Å². The maximum atomic E-state index is 13.1.